The largest absolute Gasteiger partial charge is 0.383 e. The zero-order valence-electron chi connectivity index (χ0n) is 12.4. The molecule has 0 aromatic heterocycles. The molecule has 3 N–H and O–H groups in total. The average Bonchev–Trinajstić information content (AvgIpc) is 2.45. The molecule has 4 nitrogen and oxygen atoms in total. The molecule has 0 heterocycles. The fraction of sp³-hybridized carbons (Fsp3) is 0.438. The number of methoxy groups -OCH3 is 1. The van der Waals surface area contributed by atoms with E-state index in [0.717, 1.165) is 12.8 Å². The minimum absolute atomic E-state index is 0.0760. The van der Waals surface area contributed by atoms with Crippen LogP contribution in [0.25, 0.3) is 0 Å². The summed E-state index contributed by atoms with van der Waals surface area (Å²) in [7, 11) is 1.59. The number of hydrogen-bond acceptors (Lipinski definition) is 3. The topological polar surface area (TPSA) is 64.3 Å². The van der Waals surface area contributed by atoms with Gasteiger partial charge in [0.2, 0.25) is 0 Å². The van der Waals surface area contributed by atoms with E-state index in [1.165, 1.54) is 18.2 Å². The molecule has 0 radical (unpaired) electrons. The second-order valence-electron chi connectivity index (χ2n) is 4.61. The predicted molar refractivity (Wildman–Crippen MR) is 80.4 cm³/mol. The monoisotopic (exact) mass is 292 g/mol. The standard InChI is InChI=1S/C16H21FN2O2/c1-3-5-14(11-21-2)19-16(20)15-8-7-13(17)10-12(15)6-4-9-18/h7-8,10,14H,3,5,9,11,18H2,1-2H3,(H,19,20). The van der Waals surface area contributed by atoms with Crippen LogP contribution in [0.4, 0.5) is 4.39 Å². The maximum Gasteiger partial charge on any atom is 0.252 e. The van der Waals surface area contributed by atoms with Gasteiger partial charge in [-0.2, -0.15) is 0 Å². The summed E-state index contributed by atoms with van der Waals surface area (Å²) in [5.74, 6) is 4.64. The molecule has 0 aliphatic heterocycles. The molecule has 0 saturated carbocycles. The number of carbonyl (C=O) groups excluding carboxylic acids is 1. The van der Waals surface area contributed by atoms with Crippen LogP contribution in [0.2, 0.25) is 0 Å². The van der Waals surface area contributed by atoms with Crippen LogP contribution < -0.4 is 11.1 Å². The SMILES string of the molecule is CCCC(COC)NC(=O)c1ccc(F)cc1C#CCN. The Morgan fingerprint density at radius 3 is 2.90 bits per heavy atom. The van der Waals surface area contributed by atoms with Gasteiger partial charge in [-0.15, -0.1) is 0 Å². The molecule has 114 valence electrons. The van der Waals surface area contributed by atoms with Crippen LogP contribution in [0.1, 0.15) is 35.7 Å². The molecule has 1 amide bonds. The highest BCUT2D eigenvalue weighted by molar-refractivity contribution is 5.96. The van der Waals surface area contributed by atoms with Crippen molar-refractivity contribution >= 4 is 5.91 Å². The lowest BCUT2D eigenvalue weighted by Crippen LogP contribution is -2.38. The summed E-state index contributed by atoms with van der Waals surface area (Å²) in [6, 6.07) is 3.84. The van der Waals surface area contributed by atoms with Crippen molar-refractivity contribution in [1.82, 2.24) is 5.32 Å². The smallest absolute Gasteiger partial charge is 0.252 e. The van der Waals surface area contributed by atoms with E-state index in [9.17, 15) is 9.18 Å². The Bertz CT molecular complexity index is 529. The summed E-state index contributed by atoms with van der Waals surface area (Å²) < 4.78 is 18.4. The molecule has 1 rings (SSSR count). The molecule has 0 bridgehead atoms. The minimum atomic E-state index is -0.435. The molecule has 0 aliphatic carbocycles. The van der Waals surface area contributed by atoms with Crippen LogP contribution >= 0.6 is 0 Å². The summed E-state index contributed by atoms with van der Waals surface area (Å²) in [5.41, 5.74) is 6.00. The normalized spacial score (nSPS) is 11.4. The average molecular weight is 292 g/mol. The van der Waals surface area contributed by atoms with Crippen molar-refractivity contribution < 1.29 is 13.9 Å². The van der Waals surface area contributed by atoms with Crippen LogP contribution in [0.15, 0.2) is 18.2 Å². The third kappa shape index (κ3) is 5.54. The van der Waals surface area contributed by atoms with Crippen molar-refractivity contribution in [3.8, 4) is 11.8 Å². The Hall–Kier alpha value is -1.90. The summed E-state index contributed by atoms with van der Waals surface area (Å²) >= 11 is 0. The van der Waals surface area contributed by atoms with Crippen molar-refractivity contribution in [2.75, 3.05) is 20.3 Å². The highest BCUT2D eigenvalue weighted by Gasteiger charge is 2.16. The summed E-state index contributed by atoms with van der Waals surface area (Å²) in [5, 5.41) is 2.89. The highest BCUT2D eigenvalue weighted by Crippen LogP contribution is 2.11. The summed E-state index contributed by atoms with van der Waals surface area (Å²) in [6.45, 7) is 2.62. The van der Waals surface area contributed by atoms with Gasteiger partial charge in [0.05, 0.1) is 24.8 Å². The van der Waals surface area contributed by atoms with Crippen molar-refractivity contribution in [1.29, 1.82) is 0 Å². The van der Waals surface area contributed by atoms with Gasteiger partial charge in [-0.25, -0.2) is 4.39 Å². The fourth-order valence-corrected chi connectivity index (χ4v) is 1.97. The Kier molecular flexibility index (Phi) is 7.44. The maximum atomic E-state index is 13.3. The molecule has 0 fully saturated rings. The van der Waals surface area contributed by atoms with Crippen LogP contribution in [0, 0.1) is 17.7 Å². The first kappa shape index (κ1) is 17.2. The minimum Gasteiger partial charge on any atom is -0.383 e. The van der Waals surface area contributed by atoms with Gasteiger partial charge in [0.25, 0.3) is 5.91 Å². The Morgan fingerprint density at radius 2 is 2.29 bits per heavy atom. The fourth-order valence-electron chi connectivity index (χ4n) is 1.97. The van der Waals surface area contributed by atoms with Gasteiger partial charge in [-0.3, -0.25) is 4.79 Å². The van der Waals surface area contributed by atoms with Crippen LogP contribution in [-0.4, -0.2) is 32.2 Å². The molecular weight excluding hydrogens is 271 g/mol. The maximum absolute atomic E-state index is 13.3. The van der Waals surface area contributed by atoms with Gasteiger partial charge in [-0.05, 0) is 24.6 Å². The van der Waals surface area contributed by atoms with Gasteiger partial charge in [0.1, 0.15) is 5.82 Å². The number of carbonyl (C=O) groups is 1. The van der Waals surface area contributed by atoms with Crippen LogP contribution in [0.5, 0.6) is 0 Å². The number of ether oxygens (including phenoxy) is 1. The van der Waals surface area contributed by atoms with Crippen molar-refractivity contribution in [2.45, 2.75) is 25.8 Å². The summed E-state index contributed by atoms with van der Waals surface area (Å²) in [6.07, 6.45) is 1.74. The van der Waals surface area contributed by atoms with Crippen molar-refractivity contribution in [3.05, 3.63) is 35.1 Å². The van der Waals surface area contributed by atoms with E-state index < -0.39 is 5.82 Å². The summed E-state index contributed by atoms with van der Waals surface area (Å²) in [4.78, 5) is 12.3. The molecule has 0 saturated heterocycles. The van der Waals surface area contributed by atoms with E-state index in [4.69, 9.17) is 10.5 Å². The van der Waals surface area contributed by atoms with E-state index in [-0.39, 0.29) is 18.5 Å². The Balaban J connectivity index is 2.95. The molecule has 1 aromatic rings. The molecule has 1 atom stereocenters. The predicted octanol–water partition coefficient (Wildman–Crippen LogP) is 1.68. The molecular formula is C16H21FN2O2. The number of nitrogens with one attached hydrogen (secondary N) is 1. The second kappa shape index (κ2) is 9.11. The molecule has 5 heteroatoms. The highest BCUT2D eigenvalue weighted by atomic mass is 19.1. The number of nitrogens with two attached hydrogens (primary N) is 1. The molecule has 0 aliphatic rings. The van der Waals surface area contributed by atoms with E-state index in [1.54, 1.807) is 7.11 Å². The quantitative estimate of drug-likeness (QED) is 0.784. The number of benzene rings is 1. The zero-order chi connectivity index (χ0) is 15.7. The molecule has 1 aromatic carbocycles. The first-order valence-electron chi connectivity index (χ1n) is 6.90. The number of rotatable bonds is 6. The van der Waals surface area contributed by atoms with Crippen LogP contribution in [0.3, 0.4) is 0 Å². The third-order valence-electron chi connectivity index (χ3n) is 2.89. The van der Waals surface area contributed by atoms with Crippen molar-refractivity contribution in [3.63, 3.8) is 0 Å². The van der Waals surface area contributed by atoms with Gasteiger partial charge in [0, 0.05) is 12.7 Å². The lowest BCUT2D eigenvalue weighted by atomic mass is 10.1. The number of hydrogen-bond donors (Lipinski definition) is 2. The van der Waals surface area contributed by atoms with Gasteiger partial charge in [-0.1, -0.05) is 25.2 Å². The molecule has 21 heavy (non-hydrogen) atoms. The van der Waals surface area contributed by atoms with E-state index in [0.29, 0.717) is 17.7 Å². The number of amides is 1. The first-order chi connectivity index (χ1) is 10.1. The van der Waals surface area contributed by atoms with E-state index in [2.05, 4.69) is 17.2 Å². The van der Waals surface area contributed by atoms with Gasteiger partial charge in [0.15, 0.2) is 0 Å². The lowest BCUT2D eigenvalue weighted by molar-refractivity contribution is 0.0891. The first-order valence-corrected chi connectivity index (χ1v) is 6.90. The van der Waals surface area contributed by atoms with E-state index in [1.807, 2.05) is 6.92 Å². The van der Waals surface area contributed by atoms with Crippen LogP contribution in [-0.2, 0) is 4.74 Å². The lowest BCUT2D eigenvalue weighted by Gasteiger charge is -2.17. The van der Waals surface area contributed by atoms with Gasteiger partial charge < -0.3 is 15.8 Å². The van der Waals surface area contributed by atoms with Gasteiger partial charge >= 0.3 is 0 Å². The Morgan fingerprint density at radius 1 is 1.52 bits per heavy atom. The molecule has 1 unspecified atom stereocenters. The van der Waals surface area contributed by atoms with Crippen molar-refractivity contribution in [2.24, 2.45) is 5.73 Å². The second-order valence-corrected chi connectivity index (χ2v) is 4.61. The number of halogens is 1. The zero-order valence-corrected chi connectivity index (χ0v) is 12.4. The Labute approximate surface area is 124 Å². The van der Waals surface area contributed by atoms with E-state index >= 15 is 0 Å². The third-order valence-corrected chi connectivity index (χ3v) is 2.89. The molecule has 0 spiro atoms.